The summed E-state index contributed by atoms with van der Waals surface area (Å²) in [5.74, 6) is -0.344. The minimum Gasteiger partial charge on any atom is -0.483 e. The number of hydrogen-bond acceptors (Lipinski definition) is 10. The third kappa shape index (κ3) is 7.70. The smallest absolute Gasteiger partial charge is 0.348 e. The number of ether oxygens (including phenoxy) is 3. The van der Waals surface area contributed by atoms with Crippen molar-refractivity contribution in [2.75, 3.05) is 24.3 Å². The molecule has 1 unspecified atom stereocenters. The Kier molecular flexibility index (Phi) is 11.1. The maximum Gasteiger partial charge on any atom is 0.348 e. The molecule has 0 saturated heterocycles. The summed E-state index contributed by atoms with van der Waals surface area (Å²) in [4.78, 5) is 38.1. The molecule has 2 aromatic heterocycles. The Labute approximate surface area is 243 Å². The summed E-state index contributed by atoms with van der Waals surface area (Å²) < 4.78 is 19.0. The molecule has 0 fully saturated rings. The fourth-order valence-corrected chi connectivity index (χ4v) is 5.64. The van der Waals surface area contributed by atoms with E-state index >= 15 is 0 Å². The first-order chi connectivity index (χ1) is 18.7. The SMILES string of the molecule is C=CCn1c(SCC(=O)Nc2sc(C(=O)OCC)c(C)c2C(=O)OCC)nnc1C(C)Oc1ccc(Br)cc1. The van der Waals surface area contributed by atoms with Gasteiger partial charge in [-0.25, -0.2) is 9.59 Å². The topological polar surface area (TPSA) is 122 Å². The van der Waals surface area contributed by atoms with Crippen LogP contribution < -0.4 is 10.1 Å². The Bertz CT molecular complexity index is 1340. The third-order valence-electron chi connectivity index (χ3n) is 5.22. The number of hydrogen-bond donors (Lipinski definition) is 1. The number of halogens is 1. The molecule has 0 aliphatic carbocycles. The molecule has 1 aromatic carbocycles. The van der Waals surface area contributed by atoms with Gasteiger partial charge in [0.05, 0.1) is 24.5 Å². The first-order valence-corrected chi connectivity index (χ1v) is 14.7. The van der Waals surface area contributed by atoms with Crippen LogP contribution in [0.15, 0.2) is 46.5 Å². The molecule has 0 saturated carbocycles. The van der Waals surface area contributed by atoms with Gasteiger partial charge in [-0.05, 0) is 57.5 Å². The number of aromatic nitrogens is 3. The molecule has 0 spiro atoms. The Morgan fingerprint density at radius 2 is 1.82 bits per heavy atom. The number of thiophene rings is 1. The zero-order valence-electron chi connectivity index (χ0n) is 22.0. The molecule has 0 aliphatic rings. The summed E-state index contributed by atoms with van der Waals surface area (Å²) in [5.41, 5.74) is 0.536. The van der Waals surface area contributed by atoms with Crippen molar-refractivity contribution in [3.05, 3.63) is 63.2 Å². The molecule has 10 nitrogen and oxygen atoms in total. The van der Waals surface area contributed by atoms with Crippen LogP contribution in [-0.4, -0.2) is 51.6 Å². The average molecular weight is 638 g/mol. The first-order valence-electron chi connectivity index (χ1n) is 12.1. The Hall–Kier alpha value is -3.16. The van der Waals surface area contributed by atoms with E-state index in [0.717, 1.165) is 15.8 Å². The Morgan fingerprint density at radius 1 is 1.15 bits per heavy atom. The van der Waals surface area contributed by atoms with Gasteiger partial charge in [0.15, 0.2) is 17.1 Å². The highest BCUT2D eigenvalue weighted by Crippen LogP contribution is 2.35. The van der Waals surface area contributed by atoms with Crippen LogP contribution in [0.2, 0.25) is 0 Å². The molecule has 1 N–H and O–H groups in total. The fourth-order valence-electron chi connectivity index (χ4n) is 3.51. The average Bonchev–Trinajstić information content (AvgIpc) is 3.45. The highest BCUT2D eigenvalue weighted by atomic mass is 79.9. The van der Waals surface area contributed by atoms with Crippen molar-refractivity contribution in [3.63, 3.8) is 0 Å². The number of thioether (sulfide) groups is 1. The molecule has 0 radical (unpaired) electrons. The molecular weight excluding hydrogens is 608 g/mol. The fraction of sp³-hybridized carbons (Fsp3) is 0.346. The summed E-state index contributed by atoms with van der Waals surface area (Å²) in [5, 5.41) is 12.0. The summed E-state index contributed by atoms with van der Waals surface area (Å²) in [7, 11) is 0. The number of allylic oxidation sites excluding steroid dienone is 1. The lowest BCUT2D eigenvalue weighted by molar-refractivity contribution is -0.113. The zero-order chi connectivity index (χ0) is 28.5. The van der Waals surface area contributed by atoms with Crippen molar-refractivity contribution in [2.24, 2.45) is 0 Å². The first kappa shape index (κ1) is 30.4. The minimum absolute atomic E-state index is 0.0226. The maximum atomic E-state index is 12.9. The van der Waals surface area contributed by atoms with Gasteiger partial charge in [0, 0.05) is 11.0 Å². The number of rotatable bonds is 13. The minimum atomic E-state index is -0.625. The van der Waals surface area contributed by atoms with Crippen LogP contribution in [0.4, 0.5) is 5.00 Å². The van der Waals surface area contributed by atoms with Crippen LogP contribution in [0.1, 0.15) is 58.3 Å². The van der Waals surface area contributed by atoms with Crippen LogP contribution in [0.3, 0.4) is 0 Å². The van der Waals surface area contributed by atoms with E-state index in [0.29, 0.717) is 28.8 Å². The van der Waals surface area contributed by atoms with Crippen molar-refractivity contribution in [1.82, 2.24) is 14.8 Å². The molecule has 208 valence electrons. The molecular formula is C26H29BrN4O6S2. The predicted octanol–water partition coefficient (Wildman–Crippen LogP) is 5.82. The molecule has 0 aliphatic heterocycles. The van der Waals surface area contributed by atoms with Gasteiger partial charge in [-0.1, -0.05) is 33.8 Å². The quantitative estimate of drug-likeness (QED) is 0.140. The third-order valence-corrected chi connectivity index (χ3v) is 7.90. The number of nitrogens with one attached hydrogen (secondary N) is 1. The second kappa shape index (κ2) is 14.3. The van der Waals surface area contributed by atoms with Crippen molar-refractivity contribution in [2.45, 2.75) is 45.5 Å². The normalized spacial score (nSPS) is 11.5. The van der Waals surface area contributed by atoms with Crippen LogP contribution >= 0.6 is 39.0 Å². The summed E-state index contributed by atoms with van der Waals surface area (Å²) >= 11 is 5.56. The van der Waals surface area contributed by atoms with Gasteiger partial charge >= 0.3 is 11.9 Å². The van der Waals surface area contributed by atoms with E-state index in [1.165, 1.54) is 11.8 Å². The number of amides is 1. The van der Waals surface area contributed by atoms with E-state index in [-0.39, 0.29) is 34.4 Å². The van der Waals surface area contributed by atoms with Gasteiger partial charge in [0.25, 0.3) is 0 Å². The molecule has 2 heterocycles. The zero-order valence-corrected chi connectivity index (χ0v) is 25.2. The van der Waals surface area contributed by atoms with E-state index in [2.05, 4.69) is 38.0 Å². The van der Waals surface area contributed by atoms with Crippen molar-refractivity contribution in [3.8, 4) is 5.75 Å². The summed E-state index contributed by atoms with van der Waals surface area (Å²) in [6.07, 6.45) is 1.30. The monoisotopic (exact) mass is 636 g/mol. The molecule has 13 heteroatoms. The van der Waals surface area contributed by atoms with Crippen LogP contribution in [-0.2, 0) is 20.8 Å². The standard InChI is InChI=1S/C26H29BrN4O6S2/c1-6-13-31-22(16(5)37-18-11-9-17(27)10-12-18)29-30-26(31)38-14-19(32)28-23-20(24(33)35-7-2)15(4)21(39-23)25(34)36-8-3/h6,9-12,16H,1,7-8,13-14H2,2-5H3,(H,28,32). The van der Waals surface area contributed by atoms with E-state index < -0.39 is 23.9 Å². The molecule has 3 rings (SSSR count). The van der Waals surface area contributed by atoms with Gasteiger partial charge < -0.3 is 19.5 Å². The number of anilines is 1. The number of carbonyl (C=O) groups excluding carboxylic acids is 3. The summed E-state index contributed by atoms with van der Waals surface area (Å²) in [6.45, 7) is 11.4. The van der Waals surface area contributed by atoms with Crippen molar-refractivity contribution >= 4 is 61.9 Å². The van der Waals surface area contributed by atoms with E-state index in [4.69, 9.17) is 14.2 Å². The Balaban J connectivity index is 1.75. The second-order valence-electron chi connectivity index (χ2n) is 7.99. The Morgan fingerprint density at radius 3 is 2.46 bits per heavy atom. The predicted molar refractivity (Wildman–Crippen MR) is 154 cm³/mol. The number of nitrogens with zero attached hydrogens (tertiary/aromatic N) is 3. The summed E-state index contributed by atoms with van der Waals surface area (Å²) in [6, 6.07) is 7.46. The van der Waals surface area contributed by atoms with Gasteiger partial charge in [-0.15, -0.1) is 28.1 Å². The lowest BCUT2D eigenvalue weighted by Gasteiger charge is -2.15. The molecule has 1 amide bonds. The maximum absolute atomic E-state index is 12.9. The lowest BCUT2D eigenvalue weighted by Crippen LogP contribution is -2.17. The molecule has 39 heavy (non-hydrogen) atoms. The van der Waals surface area contributed by atoms with Crippen LogP contribution in [0.5, 0.6) is 5.75 Å². The largest absolute Gasteiger partial charge is 0.483 e. The van der Waals surface area contributed by atoms with Gasteiger partial charge in [-0.3, -0.25) is 9.36 Å². The van der Waals surface area contributed by atoms with Crippen molar-refractivity contribution < 1.29 is 28.6 Å². The van der Waals surface area contributed by atoms with Crippen molar-refractivity contribution in [1.29, 1.82) is 0 Å². The highest BCUT2D eigenvalue weighted by molar-refractivity contribution is 9.10. The second-order valence-corrected chi connectivity index (χ2v) is 10.9. The number of carbonyl (C=O) groups is 3. The highest BCUT2D eigenvalue weighted by Gasteiger charge is 2.27. The van der Waals surface area contributed by atoms with Crippen LogP contribution in [0, 0.1) is 6.92 Å². The van der Waals surface area contributed by atoms with E-state index in [1.807, 2.05) is 35.8 Å². The lowest BCUT2D eigenvalue weighted by atomic mass is 10.1. The van der Waals surface area contributed by atoms with Crippen LogP contribution in [0.25, 0.3) is 0 Å². The van der Waals surface area contributed by atoms with E-state index in [9.17, 15) is 14.4 Å². The molecule has 3 aromatic rings. The number of benzene rings is 1. The molecule has 1 atom stereocenters. The molecule has 0 bridgehead atoms. The van der Waals surface area contributed by atoms with Gasteiger partial charge in [0.1, 0.15) is 15.6 Å². The van der Waals surface area contributed by atoms with E-state index in [1.54, 1.807) is 26.8 Å². The van der Waals surface area contributed by atoms with Gasteiger partial charge in [-0.2, -0.15) is 0 Å². The van der Waals surface area contributed by atoms with Gasteiger partial charge in [0.2, 0.25) is 5.91 Å². The number of esters is 2.